The van der Waals surface area contributed by atoms with Gasteiger partial charge in [-0.15, -0.1) is 0 Å². The molecule has 0 spiro atoms. The molecule has 0 unspecified atom stereocenters. The first kappa shape index (κ1) is 14.6. The van der Waals surface area contributed by atoms with E-state index in [1.807, 2.05) is 0 Å². The monoisotopic (exact) mass is 290 g/mol. The Morgan fingerprint density at radius 2 is 1.57 bits per heavy atom. The van der Waals surface area contributed by atoms with E-state index in [4.69, 9.17) is 0 Å². The lowest BCUT2D eigenvalue weighted by Crippen LogP contribution is -2.22. The fraction of sp³-hybridized carbons (Fsp3) is 0.0667. The topological polar surface area (TPSA) is 58.2 Å². The van der Waals surface area contributed by atoms with Gasteiger partial charge < -0.3 is 10.6 Å². The summed E-state index contributed by atoms with van der Waals surface area (Å²) in [6.07, 6.45) is 0. The number of hydrogen-bond donors (Lipinski definition) is 2. The first-order valence-electron chi connectivity index (χ1n) is 6.11. The second-order valence-electron chi connectivity index (χ2n) is 4.18. The van der Waals surface area contributed by atoms with E-state index >= 15 is 0 Å². The third kappa shape index (κ3) is 3.05. The van der Waals surface area contributed by atoms with Crippen molar-refractivity contribution < 1.29 is 18.4 Å². The normalized spacial score (nSPS) is 10.0. The molecule has 0 radical (unpaired) electrons. The number of nitrogens with one attached hydrogen (secondary N) is 2. The summed E-state index contributed by atoms with van der Waals surface area (Å²) in [6, 6.07) is 9.57. The summed E-state index contributed by atoms with van der Waals surface area (Å²) in [5.41, 5.74) is 0.0115. The number of rotatable bonds is 3. The van der Waals surface area contributed by atoms with Crippen molar-refractivity contribution in [1.29, 1.82) is 0 Å². The van der Waals surface area contributed by atoms with Gasteiger partial charge in [0.05, 0.1) is 16.8 Å². The van der Waals surface area contributed by atoms with E-state index in [0.717, 1.165) is 12.1 Å². The summed E-state index contributed by atoms with van der Waals surface area (Å²) in [4.78, 5) is 23.7. The highest BCUT2D eigenvalue weighted by molar-refractivity contribution is 6.09. The molecular formula is C15H12F2N2O2. The number of anilines is 1. The molecular weight excluding hydrogens is 278 g/mol. The molecule has 21 heavy (non-hydrogen) atoms. The van der Waals surface area contributed by atoms with Crippen LogP contribution in [0.1, 0.15) is 20.7 Å². The molecule has 2 aromatic rings. The Kier molecular flexibility index (Phi) is 4.27. The van der Waals surface area contributed by atoms with E-state index in [-0.39, 0.29) is 11.3 Å². The zero-order valence-corrected chi connectivity index (χ0v) is 11.1. The summed E-state index contributed by atoms with van der Waals surface area (Å²) in [5, 5.41) is 4.83. The Hall–Kier alpha value is -2.76. The van der Waals surface area contributed by atoms with Crippen molar-refractivity contribution in [2.75, 3.05) is 12.4 Å². The second-order valence-corrected chi connectivity index (χ2v) is 4.18. The standard InChI is InChI=1S/C15H12F2N2O2/c1-18-14(20)9-5-2-3-8-12(9)19-15(21)10-6-4-7-11(16)13(10)17/h2-8H,1H3,(H,18,20)(H,19,21). The maximum atomic E-state index is 13.6. The van der Waals surface area contributed by atoms with Crippen LogP contribution in [-0.2, 0) is 0 Å². The molecule has 0 fully saturated rings. The maximum absolute atomic E-state index is 13.6. The fourth-order valence-electron chi connectivity index (χ4n) is 1.79. The number of benzene rings is 2. The first-order valence-corrected chi connectivity index (χ1v) is 6.11. The van der Waals surface area contributed by atoms with Gasteiger partial charge in [-0.05, 0) is 24.3 Å². The van der Waals surface area contributed by atoms with Crippen molar-refractivity contribution in [1.82, 2.24) is 5.32 Å². The molecule has 0 bridgehead atoms. The van der Waals surface area contributed by atoms with Gasteiger partial charge >= 0.3 is 0 Å². The number of para-hydroxylation sites is 1. The molecule has 0 aliphatic carbocycles. The lowest BCUT2D eigenvalue weighted by atomic mass is 10.1. The van der Waals surface area contributed by atoms with Crippen LogP contribution in [0.5, 0.6) is 0 Å². The Labute approximate surface area is 119 Å². The minimum Gasteiger partial charge on any atom is -0.355 e. The molecule has 0 aromatic heterocycles. The Morgan fingerprint density at radius 1 is 0.905 bits per heavy atom. The molecule has 0 aliphatic rings. The van der Waals surface area contributed by atoms with E-state index in [1.165, 1.54) is 25.2 Å². The van der Waals surface area contributed by atoms with Crippen LogP contribution in [0.15, 0.2) is 42.5 Å². The SMILES string of the molecule is CNC(=O)c1ccccc1NC(=O)c1cccc(F)c1F. The largest absolute Gasteiger partial charge is 0.355 e. The van der Waals surface area contributed by atoms with Gasteiger partial charge in [-0.1, -0.05) is 18.2 Å². The second kappa shape index (κ2) is 6.13. The van der Waals surface area contributed by atoms with Crippen LogP contribution in [0.25, 0.3) is 0 Å². The fourth-order valence-corrected chi connectivity index (χ4v) is 1.79. The van der Waals surface area contributed by atoms with Gasteiger partial charge in [-0.2, -0.15) is 0 Å². The van der Waals surface area contributed by atoms with E-state index in [9.17, 15) is 18.4 Å². The highest BCUT2D eigenvalue weighted by Crippen LogP contribution is 2.18. The van der Waals surface area contributed by atoms with E-state index in [2.05, 4.69) is 10.6 Å². The lowest BCUT2D eigenvalue weighted by molar-refractivity contribution is 0.0964. The van der Waals surface area contributed by atoms with E-state index in [1.54, 1.807) is 12.1 Å². The molecule has 0 atom stereocenters. The van der Waals surface area contributed by atoms with Crippen LogP contribution in [0.4, 0.5) is 14.5 Å². The summed E-state index contributed by atoms with van der Waals surface area (Å²) in [5.74, 6) is -3.57. The molecule has 2 rings (SSSR count). The van der Waals surface area contributed by atoms with Gasteiger partial charge in [0, 0.05) is 7.05 Å². The quantitative estimate of drug-likeness (QED) is 0.912. The summed E-state index contributed by atoms with van der Waals surface area (Å²) < 4.78 is 26.7. The van der Waals surface area contributed by atoms with Crippen LogP contribution in [0, 0.1) is 11.6 Å². The van der Waals surface area contributed by atoms with E-state index in [0.29, 0.717) is 0 Å². The third-order valence-corrected chi connectivity index (χ3v) is 2.84. The van der Waals surface area contributed by atoms with Gasteiger partial charge in [0.25, 0.3) is 11.8 Å². The molecule has 2 amide bonds. The number of halogens is 2. The number of carbonyl (C=O) groups is 2. The van der Waals surface area contributed by atoms with Crippen molar-refractivity contribution in [3.05, 3.63) is 65.2 Å². The van der Waals surface area contributed by atoms with Crippen LogP contribution in [0.3, 0.4) is 0 Å². The molecule has 2 aromatic carbocycles. The molecule has 108 valence electrons. The number of hydrogen-bond acceptors (Lipinski definition) is 2. The summed E-state index contributed by atoms with van der Waals surface area (Å²) in [6.45, 7) is 0. The highest BCUT2D eigenvalue weighted by atomic mass is 19.2. The zero-order valence-electron chi connectivity index (χ0n) is 11.1. The predicted molar refractivity (Wildman–Crippen MR) is 74.1 cm³/mol. The maximum Gasteiger partial charge on any atom is 0.258 e. The van der Waals surface area contributed by atoms with Crippen molar-refractivity contribution in [2.45, 2.75) is 0 Å². The van der Waals surface area contributed by atoms with Crippen LogP contribution in [0.2, 0.25) is 0 Å². The highest BCUT2D eigenvalue weighted by Gasteiger charge is 2.17. The molecule has 0 saturated heterocycles. The predicted octanol–water partition coefficient (Wildman–Crippen LogP) is 2.58. The Balaban J connectivity index is 2.32. The zero-order chi connectivity index (χ0) is 15.4. The van der Waals surface area contributed by atoms with E-state index < -0.39 is 29.0 Å². The van der Waals surface area contributed by atoms with Gasteiger partial charge in [0.2, 0.25) is 0 Å². The van der Waals surface area contributed by atoms with Gasteiger partial charge in [-0.3, -0.25) is 9.59 Å². The summed E-state index contributed by atoms with van der Waals surface area (Å²) >= 11 is 0. The molecule has 2 N–H and O–H groups in total. The van der Waals surface area contributed by atoms with Crippen molar-refractivity contribution in [3.63, 3.8) is 0 Å². The average Bonchev–Trinajstić information content (AvgIpc) is 2.49. The molecule has 6 heteroatoms. The molecule has 4 nitrogen and oxygen atoms in total. The summed E-state index contributed by atoms with van der Waals surface area (Å²) in [7, 11) is 1.45. The Morgan fingerprint density at radius 3 is 2.29 bits per heavy atom. The average molecular weight is 290 g/mol. The van der Waals surface area contributed by atoms with Gasteiger partial charge in [0.15, 0.2) is 11.6 Å². The minimum absolute atomic E-state index is 0.213. The van der Waals surface area contributed by atoms with Crippen molar-refractivity contribution >= 4 is 17.5 Å². The van der Waals surface area contributed by atoms with Crippen molar-refractivity contribution in [3.8, 4) is 0 Å². The number of amides is 2. The van der Waals surface area contributed by atoms with Gasteiger partial charge in [0.1, 0.15) is 0 Å². The number of carbonyl (C=O) groups excluding carboxylic acids is 2. The third-order valence-electron chi connectivity index (χ3n) is 2.84. The van der Waals surface area contributed by atoms with Crippen molar-refractivity contribution in [2.24, 2.45) is 0 Å². The van der Waals surface area contributed by atoms with Gasteiger partial charge in [-0.25, -0.2) is 8.78 Å². The lowest BCUT2D eigenvalue weighted by Gasteiger charge is -2.10. The van der Waals surface area contributed by atoms with Crippen LogP contribution < -0.4 is 10.6 Å². The minimum atomic E-state index is -1.23. The van der Waals surface area contributed by atoms with Crippen LogP contribution >= 0.6 is 0 Å². The molecule has 0 aliphatic heterocycles. The smallest absolute Gasteiger partial charge is 0.258 e. The first-order chi connectivity index (χ1) is 10.0. The Bertz CT molecular complexity index is 702. The van der Waals surface area contributed by atoms with Crippen LogP contribution in [-0.4, -0.2) is 18.9 Å². The molecule has 0 saturated carbocycles. The molecule has 0 heterocycles.